The van der Waals surface area contributed by atoms with Crippen LogP contribution in [-0.2, 0) is 9.59 Å². The molecule has 1 heterocycles. The summed E-state index contributed by atoms with van der Waals surface area (Å²) in [5, 5.41) is 8.91. The van der Waals surface area contributed by atoms with E-state index in [0.717, 1.165) is 25.7 Å². The number of hydrogen-bond acceptors (Lipinski definition) is 3. The van der Waals surface area contributed by atoms with Gasteiger partial charge in [0.05, 0.1) is 5.92 Å². The molecule has 0 bridgehead atoms. The van der Waals surface area contributed by atoms with Gasteiger partial charge in [0, 0.05) is 25.9 Å². The van der Waals surface area contributed by atoms with E-state index in [1.54, 1.807) is 0 Å². The predicted molar refractivity (Wildman–Crippen MR) is 64.3 cm³/mol. The molecule has 1 saturated heterocycles. The highest BCUT2D eigenvalue weighted by atomic mass is 16.4. The van der Waals surface area contributed by atoms with Crippen molar-refractivity contribution < 1.29 is 19.5 Å². The Morgan fingerprint density at radius 3 is 2.56 bits per heavy atom. The van der Waals surface area contributed by atoms with E-state index in [2.05, 4.69) is 0 Å². The van der Waals surface area contributed by atoms with E-state index in [4.69, 9.17) is 5.11 Å². The molecule has 18 heavy (non-hydrogen) atoms. The molecule has 0 spiro atoms. The van der Waals surface area contributed by atoms with Crippen LogP contribution in [0.5, 0.6) is 0 Å². The maximum Gasteiger partial charge on any atom is 0.407 e. The number of ketones is 2. The van der Waals surface area contributed by atoms with Gasteiger partial charge in [0.25, 0.3) is 0 Å². The lowest BCUT2D eigenvalue weighted by molar-refractivity contribution is -0.135. The van der Waals surface area contributed by atoms with Crippen molar-refractivity contribution in [2.24, 2.45) is 11.8 Å². The van der Waals surface area contributed by atoms with Crippen LogP contribution in [0.3, 0.4) is 0 Å². The molecule has 1 atom stereocenters. The lowest BCUT2D eigenvalue weighted by Gasteiger charge is -2.29. The number of carboxylic acid groups (broad SMARTS) is 1. The van der Waals surface area contributed by atoms with Crippen molar-refractivity contribution in [3.63, 3.8) is 0 Å². The molecule has 0 aromatic rings. The van der Waals surface area contributed by atoms with Gasteiger partial charge in [-0.2, -0.15) is 0 Å². The molecule has 0 aromatic carbocycles. The average molecular weight is 253 g/mol. The van der Waals surface area contributed by atoms with Crippen LogP contribution in [0, 0.1) is 11.8 Å². The minimum atomic E-state index is -1.04. The summed E-state index contributed by atoms with van der Waals surface area (Å²) >= 11 is 0. The second-order valence-corrected chi connectivity index (χ2v) is 5.32. The molecular weight excluding hydrogens is 234 g/mol. The molecule has 1 unspecified atom stereocenters. The molecule has 5 nitrogen and oxygen atoms in total. The molecule has 100 valence electrons. The van der Waals surface area contributed by atoms with Crippen LogP contribution in [0.1, 0.15) is 38.5 Å². The summed E-state index contributed by atoms with van der Waals surface area (Å²) < 4.78 is 0. The Bertz CT molecular complexity index is 360. The van der Waals surface area contributed by atoms with Gasteiger partial charge in [-0.1, -0.05) is 25.7 Å². The van der Waals surface area contributed by atoms with Crippen LogP contribution in [0.25, 0.3) is 0 Å². The molecule has 5 heteroatoms. The Balaban J connectivity index is 1.94. The number of rotatable bonds is 3. The maximum atomic E-state index is 12.1. The number of piperidine rings is 1. The Kier molecular flexibility index (Phi) is 3.99. The topological polar surface area (TPSA) is 74.7 Å². The molecule has 2 rings (SSSR count). The number of Topliss-reactive ketones (excluding diaryl/α,β-unsaturated/α-hetero) is 2. The largest absolute Gasteiger partial charge is 0.465 e. The third kappa shape index (κ3) is 2.89. The lowest BCUT2D eigenvalue weighted by Crippen LogP contribution is -2.46. The van der Waals surface area contributed by atoms with E-state index < -0.39 is 12.0 Å². The summed E-state index contributed by atoms with van der Waals surface area (Å²) in [6.07, 6.45) is 4.04. The van der Waals surface area contributed by atoms with Gasteiger partial charge in [-0.25, -0.2) is 4.79 Å². The Morgan fingerprint density at radius 1 is 1.28 bits per heavy atom. The van der Waals surface area contributed by atoms with Gasteiger partial charge in [-0.05, 0) is 5.92 Å². The molecule has 1 saturated carbocycles. The van der Waals surface area contributed by atoms with Crippen LogP contribution in [0.15, 0.2) is 0 Å². The first kappa shape index (κ1) is 13.1. The third-order valence-corrected chi connectivity index (χ3v) is 4.04. The average Bonchev–Trinajstić information content (AvgIpc) is 2.81. The summed E-state index contributed by atoms with van der Waals surface area (Å²) in [6, 6.07) is 0. The number of hydrogen-bond donors (Lipinski definition) is 1. The first-order valence-electron chi connectivity index (χ1n) is 6.61. The SMILES string of the molecule is O=C1CCN(C(=O)O)CC1C(=O)CC1CCCC1. The van der Waals surface area contributed by atoms with E-state index in [9.17, 15) is 14.4 Å². The zero-order valence-electron chi connectivity index (χ0n) is 10.4. The van der Waals surface area contributed by atoms with Crippen molar-refractivity contribution in [2.75, 3.05) is 13.1 Å². The van der Waals surface area contributed by atoms with Gasteiger partial charge in [0.1, 0.15) is 11.6 Å². The van der Waals surface area contributed by atoms with Crippen LogP contribution < -0.4 is 0 Å². The van der Waals surface area contributed by atoms with Gasteiger partial charge in [0.2, 0.25) is 0 Å². The van der Waals surface area contributed by atoms with Crippen molar-refractivity contribution in [3.8, 4) is 0 Å². The number of amides is 1. The molecule has 2 aliphatic rings. The van der Waals surface area contributed by atoms with E-state index in [-0.39, 0.29) is 31.1 Å². The van der Waals surface area contributed by atoms with Gasteiger partial charge in [0.15, 0.2) is 0 Å². The summed E-state index contributed by atoms with van der Waals surface area (Å²) in [7, 11) is 0. The van der Waals surface area contributed by atoms with E-state index in [0.29, 0.717) is 12.3 Å². The van der Waals surface area contributed by atoms with Crippen molar-refractivity contribution in [2.45, 2.75) is 38.5 Å². The van der Waals surface area contributed by atoms with Crippen molar-refractivity contribution in [1.82, 2.24) is 4.90 Å². The summed E-state index contributed by atoms with van der Waals surface area (Å²) in [4.78, 5) is 35.9. The van der Waals surface area contributed by atoms with E-state index >= 15 is 0 Å². The molecule has 1 aliphatic carbocycles. The van der Waals surface area contributed by atoms with E-state index in [1.165, 1.54) is 4.90 Å². The van der Waals surface area contributed by atoms with Crippen LogP contribution in [0.2, 0.25) is 0 Å². The quantitative estimate of drug-likeness (QED) is 0.777. The van der Waals surface area contributed by atoms with Crippen molar-refractivity contribution in [1.29, 1.82) is 0 Å². The van der Waals surface area contributed by atoms with Crippen LogP contribution in [-0.4, -0.2) is 40.8 Å². The van der Waals surface area contributed by atoms with Gasteiger partial charge < -0.3 is 10.0 Å². The second-order valence-electron chi connectivity index (χ2n) is 5.32. The first-order chi connectivity index (χ1) is 8.58. The highest BCUT2D eigenvalue weighted by Gasteiger charge is 2.35. The number of carbonyl (C=O) groups is 3. The monoisotopic (exact) mass is 253 g/mol. The highest BCUT2D eigenvalue weighted by molar-refractivity contribution is 6.03. The fraction of sp³-hybridized carbons (Fsp3) is 0.769. The van der Waals surface area contributed by atoms with Gasteiger partial charge in [-0.15, -0.1) is 0 Å². The fourth-order valence-corrected chi connectivity index (χ4v) is 2.93. The molecule has 2 fully saturated rings. The molecule has 0 radical (unpaired) electrons. The second kappa shape index (κ2) is 5.50. The summed E-state index contributed by atoms with van der Waals surface area (Å²) in [5.74, 6) is -0.450. The predicted octanol–water partition coefficient (Wildman–Crippen LogP) is 1.70. The number of likely N-dealkylation sites (tertiary alicyclic amines) is 1. The van der Waals surface area contributed by atoms with Gasteiger partial charge >= 0.3 is 6.09 Å². The minimum Gasteiger partial charge on any atom is -0.465 e. The number of nitrogens with zero attached hydrogens (tertiary/aromatic N) is 1. The highest BCUT2D eigenvalue weighted by Crippen LogP contribution is 2.29. The summed E-state index contributed by atoms with van der Waals surface area (Å²) in [5.41, 5.74) is 0. The Morgan fingerprint density at radius 2 is 1.94 bits per heavy atom. The van der Waals surface area contributed by atoms with Gasteiger partial charge in [-0.3, -0.25) is 9.59 Å². The Hall–Kier alpha value is -1.39. The fourth-order valence-electron chi connectivity index (χ4n) is 2.93. The zero-order valence-corrected chi connectivity index (χ0v) is 10.4. The first-order valence-corrected chi connectivity index (χ1v) is 6.61. The molecule has 1 aliphatic heterocycles. The van der Waals surface area contributed by atoms with Crippen molar-refractivity contribution >= 4 is 17.7 Å². The lowest BCUT2D eigenvalue weighted by atomic mass is 9.87. The molecule has 1 amide bonds. The van der Waals surface area contributed by atoms with Crippen molar-refractivity contribution in [3.05, 3.63) is 0 Å². The minimum absolute atomic E-state index is 0.0553. The van der Waals surface area contributed by atoms with Crippen LogP contribution >= 0.6 is 0 Å². The maximum absolute atomic E-state index is 12.1. The molecular formula is C13H19NO4. The smallest absolute Gasteiger partial charge is 0.407 e. The van der Waals surface area contributed by atoms with Crippen LogP contribution in [0.4, 0.5) is 4.79 Å². The zero-order chi connectivity index (χ0) is 13.1. The van der Waals surface area contributed by atoms with E-state index in [1.807, 2.05) is 0 Å². The Labute approximate surface area is 106 Å². The third-order valence-electron chi connectivity index (χ3n) is 4.04. The normalized spacial score (nSPS) is 25.4. The molecule has 1 N–H and O–H groups in total. The summed E-state index contributed by atoms with van der Waals surface area (Å²) in [6.45, 7) is 0.279. The number of carbonyl (C=O) groups excluding carboxylic acids is 2. The standard InChI is InChI=1S/C13H19NO4/c15-11-5-6-14(13(17)18)8-10(11)12(16)7-9-3-1-2-4-9/h9-10H,1-8H2,(H,17,18). The molecule has 0 aromatic heterocycles.